The third-order valence-corrected chi connectivity index (χ3v) is 4.53. The van der Waals surface area contributed by atoms with Crippen molar-refractivity contribution in [2.75, 3.05) is 26.4 Å². The molecular weight excluding hydrogens is 401 g/mol. The molecule has 1 aromatic carbocycles. The minimum absolute atomic E-state index is 0.0893. The third kappa shape index (κ3) is 4.95. The molecule has 7 nitrogen and oxygen atoms in total. The minimum atomic E-state index is -4.40. The van der Waals surface area contributed by atoms with E-state index in [1.165, 1.54) is 16.8 Å². The van der Waals surface area contributed by atoms with Gasteiger partial charge in [-0.1, -0.05) is 18.2 Å². The van der Waals surface area contributed by atoms with Crippen molar-refractivity contribution in [3.05, 3.63) is 64.6 Å². The van der Waals surface area contributed by atoms with Gasteiger partial charge in [0, 0.05) is 24.9 Å². The van der Waals surface area contributed by atoms with Crippen molar-refractivity contribution in [2.24, 2.45) is 0 Å². The molecule has 0 fully saturated rings. The number of aryl methyl sites for hydroxylation is 1. The number of nitrogens with one attached hydrogen (secondary N) is 1. The number of aliphatic hydroxyl groups is 1. The predicted molar refractivity (Wildman–Crippen MR) is 102 cm³/mol. The summed E-state index contributed by atoms with van der Waals surface area (Å²) in [6, 6.07) is 5.15. The average Bonchev–Trinajstić information content (AvgIpc) is 3.14. The maximum Gasteiger partial charge on any atom is 0.416 e. The van der Waals surface area contributed by atoms with Crippen molar-refractivity contribution >= 4 is 11.6 Å². The molecular formula is C20H21F3N4O3. The van der Waals surface area contributed by atoms with Gasteiger partial charge in [0.2, 0.25) is 0 Å². The number of rotatable bonds is 8. The molecule has 2 aromatic heterocycles. The highest BCUT2D eigenvalue weighted by Crippen LogP contribution is 2.30. The Bertz CT molecular complexity index is 1030. The average molecular weight is 422 g/mol. The molecule has 0 aliphatic rings. The Kier molecular flexibility index (Phi) is 6.68. The normalized spacial score (nSPS) is 11.8. The van der Waals surface area contributed by atoms with Crippen LogP contribution in [0, 0.1) is 6.92 Å². The number of amides is 1. The fourth-order valence-electron chi connectivity index (χ4n) is 2.99. The highest BCUT2D eigenvalue weighted by molar-refractivity contribution is 5.99. The number of ether oxygens (including phenoxy) is 1. The van der Waals surface area contributed by atoms with Gasteiger partial charge in [-0.05, 0) is 24.1 Å². The minimum Gasteiger partial charge on any atom is -0.394 e. The number of benzene rings is 1. The summed E-state index contributed by atoms with van der Waals surface area (Å²) < 4.78 is 45.4. The van der Waals surface area contributed by atoms with Crippen molar-refractivity contribution in [1.82, 2.24) is 19.9 Å². The molecule has 160 valence electrons. The molecule has 0 unspecified atom stereocenters. The fraction of sp³-hybridized carbons (Fsp3) is 0.350. The summed E-state index contributed by atoms with van der Waals surface area (Å²) in [6.45, 7) is 2.41. The molecule has 0 aliphatic heterocycles. The lowest BCUT2D eigenvalue weighted by Crippen LogP contribution is -2.27. The zero-order valence-electron chi connectivity index (χ0n) is 16.2. The van der Waals surface area contributed by atoms with E-state index in [1.54, 1.807) is 19.2 Å². The van der Waals surface area contributed by atoms with Crippen LogP contribution in [-0.4, -0.2) is 52.0 Å². The lowest BCUT2D eigenvalue weighted by molar-refractivity contribution is -0.137. The van der Waals surface area contributed by atoms with Gasteiger partial charge in [0.25, 0.3) is 5.91 Å². The Hall–Kier alpha value is -2.98. The molecule has 1 amide bonds. The van der Waals surface area contributed by atoms with Gasteiger partial charge in [0.15, 0.2) is 5.65 Å². The first-order chi connectivity index (χ1) is 14.3. The summed E-state index contributed by atoms with van der Waals surface area (Å²) >= 11 is 0. The molecule has 2 N–H and O–H groups in total. The Labute approximate surface area is 170 Å². The van der Waals surface area contributed by atoms with Crippen LogP contribution in [-0.2, 0) is 17.3 Å². The molecule has 10 heteroatoms. The number of aliphatic hydroxyl groups excluding tert-OH is 1. The summed E-state index contributed by atoms with van der Waals surface area (Å²) in [5.74, 6) is -0.366. The monoisotopic (exact) mass is 422 g/mol. The topological polar surface area (TPSA) is 88.8 Å². The number of carbonyl (C=O) groups excluding carboxylic acids is 1. The zero-order valence-corrected chi connectivity index (χ0v) is 16.2. The van der Waals surface area contributed by atoms with E-state index in [9.17, 15) is 18.0 Å². The van der Waals surface area contributed by atoms with Crippen molar-refractivity contribution in [1.29, 1.82) is 0 Å². The Balaban J connectivity index is 1.77. The number of aromatic nitrogens is 3. The van der Waals surface area contributed by atoms with Crippen molar-refractivity contribution < 1.29 is 27.8 Å². The zero-order chi connectivity index (χ0) is 21.7. The smallest absolute Gasteiger partial charge is 0.394 e. The molecule has 30 heavy (non-hydrogen) atoms. The van der Waals surface area contributed by atoms with Crippen molar-refractivity contribution in [2.45, 2.75) is 19.5 Å². The van der Waals surface area contributed by atoms with Gasteiger partial charge in [-0.25, -0.2) is 9.50 Å². The first-order valence-corrected chi connectivity index (χ1v) is 9.26. The van der Waals surface area contributed by atoms with Crippen LogP contribution in [0.1, 0.15) is 32.7 Å². The number of fused-ring (bicyclic) bond motifs is 1. The summed E-state index contributed by atoms with van der Waals surface area (Å²) in [5.41, 5.74) is 1.83. The predicted octanol–water partition coefficient (Wildman–Crippen LogP) is 2.39. The standard InChI is InChI=1S/C20H21F3N4O3/c1-13-15(9-14-3-2-4-16(10-14)20(21,22)23)11-25-18-17(12-26-27(13)18)19(29)24-5-7-30-8-6-28/h2-4,10-12,28H,5-9H2,1H3,(H,24,29). The Morgan fingerprint density at radius 1 is 1.27 bits per heavy atom. The van der Waals surface area contributed by atoms with E-state index in [4.69, 9.17) is 9.84 Å². The highest BCUT2D eigenvalue weighted by Gasteiger charge is 2.30. The van der Waals surface area contributed by atoms with Gasteiger partial charge in [0.05, 0.1) is 31.6 Å². The van der Waals surface area contributed by atoms with Crippen LogP contribution in [0.15, 0.2) is 36.7 Å². The number of alkyl halides is 3. The van der Waals surface area contributed by atoms with Crippen LogP contribution in [0.3, 0.4) is 0 Å². The summed E-state index contributed by atoms with van der Waals surface area (Å²) in [7, 11) is 0. The third-order valence-electron chi connectivity index (χ3n) is 4.53. The van der Waals surface area contributed by atoms with Crippen molar-refractivity contribution in [3.8, 4) is 0 Å². The number of hydrogen-bond donors (Lipinski definition) is 2. The number of halogens is 3. The summed E-state index contributed by atoms with van der Waals surface area (Å²) in [6.07, 6.45) is -1.20. The number of nitrogens with zero attached hydrogens (tertiary/aromatic N) is 3. The molecule has 3 aromatic rings. The van der Waals surface area contributed by atoms with Gasteiger partial charge in [-0.3, -0.25) is 4.79 Å². The summed E-state index contributed by atoms with van der Waals surface area (Å²) in [4.78, 5) is 16.7. The lowest BCUT2D eigenvalue weighted by atomic mass is 10.0. The van der Waals surface area contributed by atoms with Crippen molar-refractivity contribution in [3.63, 3.8) is 0 Å². The van der Waals surface area contributed by atoms with Crippen LogP contribution < -0.4 is 5.32 Å². The first kappa shape index (κ1) is 21.7. The summed E-state index contributed by atoms with van der Waals surface area (Å²) in [5, 5.41) is 15.5. The van der Waals surface area contributed by atoms with E-state index in [0.717, 1.165) is 12.1 Å². The molecule has 0 radical (unpaired) electrons. The molecule has 0 atom stereocenters. The maximum absolute atomic E-state index is 12.9. The number of carbonyl (C=O) groups is 1. The van der Waals surface area contributed by atoms with E-state index >= 15 is 0 Å². The Morgan fingerprint density at radius 3 is 2.80 bits per heavy atom. The van der Waals surface area contributed by atoms with E-state index in [0.29, 0.717) is 22.5 Å². The van der Waals surface area contributed by atoms with Gasteiger partial charge < -0.3 is 15.2 Å². The van der Waals surface area contributed by atoms with Crippen LogP contribution in [0.2, 0.25) is 0 Å². The largest absolute Gasteiger partial charge is 0.416 e. The van der Waals surface area contributed by atoms with Gasteiger partial charge in [0.1, 0.15) is 5.56 Å². The molecule has 3 rings (SSSR count). The van der Waals surface area contributed by atoms with Crippen LogP contribution in [0.5, 0.6) is 0 Å². The van der Waals surface area contributed by atoms with E-state index < -0.39 is 11.7 Å². The molecule has 2 heterocycles. The van der Waals surface area contributed by atoms with Gasteiger partial charge in [-0.2, -0.15) is 18.3 Å². The highest BCUT2D eigenvalue weighted by atomic mass is 19.4. The van der Waals surface area contributed by atoms with E-state index in [1.807, 2.05) is 0 Å². The molecule has 0 spiro atoms. The second-order valence-electron chi connectivity index (χ2n) is 6.63. The second kappa shape index (κ2) is 9.23. The lowest BCUT2D eigenvalue weighted by Gasteiger charge is -2.11. The Morgan fingerprint density at radius 2 is 2.07 bits per heavy atom. The van der Waals surface area contributed by atoms with E-state index in [2.05, 4.69) is 15.4 Å². The van der Waals surface area contributed by atoms with Crippen LogP contribution >= 0.6 is 0 Å². The van der Waals surface area contributed by atoms with Crippen LogP contribution in [0.4, 0.5) is 13.2 Å². The molecule has 0 saturated heterocycles. The first-order valence-electron chi connectivity index (χ1n) is 9.26. The molecule has 0 bridgehead atoms. The molecule has 0 saturated carbocycles. The fourth-order valence-corrected chi connectivity index (χ4v) is 2.99. The van der Waals surface area contributed by atoms with Crippen LogP contribution in [0.25, 0.3) is 5.65 Å². The molecule has 0 aliphatic carbocycles. The second-order valence-corrected chi connectivity index (χ2v) is 6.63. The van der Waals surface area contributed by atoms with Gasteiger partial charge in [-0.15, -0.1) is 0 Å². The SMILES string of the molecule is Cc1c(Cc2cccc(C(F)(F)F)c2)cnc2c(C(=O)NCCOCCO)cnn12. The quantitative estimate of drug-likeness (QED) is 0.544. The van der Waals surface area contributed by atoms with Gasteiger partial charge >= 0.3 is 6.18 Å². The maximum atomic E-state index is 12.9. The van der Waals surface area contributed by atoms with E-state index in [-0.39, 0.29) is 44.3 Å². The number of hydrogen-bond acceptors (Lipinski definition) is 5.